The van der Waals surface area contributed by atoms with Gasteiger partial charge in [0.2, 0.25) is 11.8 Å². The van der Waals surface area contributed by atoms with Crippen molar-refractivity contribution in [3.63, 3.8) is 0 Å². The number of carbonyl (C=O) groups excluding carboxylic acids is 3. The summed E-state index contributed by atoms with van der Waals surface area (Å²) in [6.07, 6.45) is 6.08. The van der Waals surface area contributed by atoms with Crippen LogP contribution in [0.4, 0.5) is 0 Å². The molecule has 0 saturated carbocycles. The molecule has 0 bridgehead atoms. The third-order valence-electron chi connectivity index (χ3n) is 9.86. The van der Waals surface area contributed by atoms with Crippen LogP contribution in [0.1, 0.15) is 68.7 Å². The van der Waals surface area contributed by atoms with E-state index in [0.29, 0.717) is 101 Å². The number of primary amides is 2. The Bertz CT molecular complexity index is 2750. The number of amides is 2. The summed E-state index contributed by atoms with van der Waals surface area (Å²) in [6, 6.07) is 9.83. The van der Waals surface area contributed by atoms with E-state index in [1.54, 1.807) is 40.8 Å². The topological polar surface area (TPSA) is 226 Å². The molecule has 5 aromatic heterocycles. The van der Waals surface area contributed by atoms with Gasteiger partial charge in [0.1, 0.15) is 39.9 Å². The van der Waals surface area contributed by atoms with E-state index in [-0.39, 0.29) is 35.6 Å². The van der Waals surface area contributed by atoms with Crippen LogP contribution in [0.5, 0.6) is 11.5 Å². The van der Waals surface area contributed by atoms with Crippen LogP contribution >= 0.6 is 0 Å². The summed E-state index contributed by atoms with van der Waals surface area (Å²) in [5, 5.41) is 21.5. The summed E-state index contributed by atoms with van der Waals surface area (Å²) >= 11 is 0. The number of ether oxygens (including phenoxy) is 2. The summed E-state index contributed by atoms with van der Waals surface area (Å²) in [6.45, 7) is 10.1. The number of benzene rings is 2. The standard InChI is InChI=1S/C41H45N11O6/c1-6-51-30(15-23(3)47-51)32(53)21-35-45-29-18-26(39(43)56)19-33(54)37(29)49(35)11-8-9-12-50-36-27(17-25(38(42)55)20-34(36)58-14-10-13-57-5)28-22-44-40(46-41(28)50)31-16-24(4)48-52(31)7-2/h8-9,15-20,22,54H,6-7,10-14,21H2,1-5H3,(H2,42,55)(H2,43,56)/b9-8+. The van der Waals surface area contributed by atoms with E-state index >= 15 is 0 Å². The molecule has 5 heterocycles. The van der Waals surface area contributed by atoms with Gasteiger partial charge >= 0.3 is 0 Å². The molecular formula is C41H45N11O6. The summed E-state index contributed by atoms with van der Waals surface area (Å²) < 4.78 is 18.7. The highest BCUT2D eigenvalue weighted by atomic mass is 16.5. The molecule has 300 valence electrons. The fourth-order valence-corrected chi connectivity index (χ4v) is 7.24. The molecule has 17 nitrogen and oxygen atoms in total. The number of methoxy groups -OCH3 is 1. The van der Waals surface area contributed by atoms with Crippen LogP contribution in [0.2, 0.25) is 0 Å². The maximum atomic E-state index is 13.7. The molecule has 0 atom stereocenters. The number of aromatic nitrogens is 9. The van der Waals surface area contributed by atoms with Gasteiger partial charge in [-0.3, -0.25) is 23.7 Å². The first kappa shape index (κ1) is 39.4. The van der Waals surface area contributed by atoms with Crippen molar-refractivity contribution in [3.8, 4) is 23.0 Å². The van der Waals surface area contributed by atoms with Crippen LogP contribution in [0.15, 0.2) is 54.7 Å². The van der Waals surface area contributed by atoms with Crippen molar-refractivity contribution in [2.75, 3.05) is 20.3 Å². The lowest BCUT2D eigenvalue weighted by molar-refractivity contribution is 0.0975. The molecule has 2 aromatic carbocycles. The molecule has 0 aliphatic heterocycles. The Kier molecular flexibility index (Phi) is 11.1. The van der Waals surface area contributed by atoms with Crippen molar-refractivity contribution in [2.45, 2.75) is 66.7 Å². The molecule has 0 aliphatic rings. The second kappa shape index (κ2) is 16.3. The number of aryl methyl sites for hydroxylation is 4. The van der Waals surface area contributed by atoms with E-state index in [2.05, 4.69) is 10.2 Å². The lowest BCUT2D eigenvalue weighted by atomic mass is 10.1. The number of fused-ring (bicyclic) bond motifs is 4. The van der Waals surface area contributed by atoms with Crippen molar-refractivity contribution in [1.29, 1.82) is 0 Å². The average Bonchev–Trinajstić information content (AvgIpc) is 3.96. The Morgan fingerprint density at radius 2 is 1.50 bits per heavy atom. The number of phenols is 1. The first-order chi connectivity index (χ1) is 27.9. The number of carbonyl (C=O) groups is 3. The summed E-state index contributed by atoms with van der Waals surface area (Å²) in [7, 11) is 1.62. The minimum atomic E-state index is -0.719. The van der Waals surface area contributed by atoms with Crippen LogP contribution in [0.25, 0.3) is 44.5 Å². The molecule has 2 amide bonds. The minimum Gasteiger partial charge on any atom is -0.506 e. The predicted molar refractivity (Wildman–Crippen MR) is 217 cm³/mol. The first-order valence-electron chi connectivity index (χ1n) is 19.0. The number of rotatable bonds is 17. The zero-order chi connectivity index (χ0) is 41.2. The fraction of sp³-hybridized carbons (Fsp3) is 0.317. The lowest BCUT2D eigenvalue weighted by Gasteiger charge is -2.12. The predicted octanol–water partition coefficient (Wildman–Crippen LogP) is 4.65. The highest BCUT2D eigenvalue weighted by molar-refractivity contribution is 6.11. The normalized spacial score (nSPS) is 11.8. The number of allylic oxidation sites excluding steroid dienone is 2. The zero-order valence-corrected chi connectivity index (χ0v) is 33.0. The van der Waals surface area contributed by atoms with Gasteiger partial charge in [-0.05, 0) is 64.1 Å². The molecule has 0 saturated heterocycles. The Morgan fingerprint density at radius 3 is 2.21 bits per heavy atom. The monoisotopic (exact) mass is 787 g/mol. The molecule has 17 heteroatoms. The maximum absolute atomic E-state index is 13.7. The quantitative estimate of drug-likeness (QED) is 0.0654. The fourth-order valence-electron chi connectivity index (χ4n) is 7.24. The third kappa shape index (κ3) is 7.50. The molecule has 0 aliphatic carbocycles. The molecule has 7 rings (SSSR count). The van der Waals surface area contributed by atoms with Crippen molar-refractivity contribution in [1.82, 2.24) is 43.6 Å². The van der Waals surface area contributed by atoms with Crippen LogP contribution < -0.4 is 16.2 Å². The Morgan fingerprint density at radius 1 is 0.810 bits per heavy atom. The second-order valence-corrected chi connectivity index (χ2v) is 13.9. The summed E-state index contributed by atoms with van der Waals surface area (Å²) in [4.78, 5) is 52.8. The Hall–Kier alpha value is -6.88. The molecule has 0 unspecified atom stereocenters. The Balaban J connectivity index is 1.32. The summed E-state index contributed by atoms with van der Waals surface area (Å²) in [5.41, 5.74) is 16.4. The number of aromatic hydroxyl groups is 1. The van der Waals surface area contributed by atoms with E-state index in [9.17, 15) is 19.5 Å². The van der Waals surface area contributed by atoms with E-state index in [4.69, 9.17) is 35.9 Å². The van der Waals surface area contributed by atoms with Gasteiger partial charge in [0.05, 0.1) is 35.4 Å². The van der Waals surface area contributed by atoms with Crippen molar-refractivity contribution < 1.29 is 29.0 Å². The van der Waals surface area contributed by atoms with Crippen molar-refractivity contribution in [3.05, 3.63) is 88.8 Å². The number of nitrogens with two attached hydrogens (primary N) is 2. The van der Waals surface area contributed by atoms with Crippen LogP contribution in [0.3, 0.4) is 0 Å². The lowest BCUT2D eigenvalue weighted by Crippen LogP contribution is -2.15. The van der Waals surface area contributed by atoms with E-state index in [1.165, 1.54) is 12.1 Å². The number of Topliss-reactive ketones (excluding diaryl/α,β-unsaturated/α-hetero) is 1. The third-order valence-corrected chi connectivity index (χ3v) is 9.86. The maximum Gasteiger partial charge on any atom is 0.248 e. The van der Waals surface area contributed by atoms with E-state index in [0.717, 1.165) is 11.4 Å². The van der Waals surface area contributed by atoms with Crippen molar-refractivity contribution >= 4 is 50.6 Å². The number of hydrogen-bond donors (Lipinski definition) is 3. The van der Waals surface area contributed by atoms with E-state index < -0.39 is 11.8 Å². The molecule has 0 spiro atoms. The molecule has 0 fully saturated rings. The van der Waals surface area contributed by atoms with Gasteiger partial charge in [-0.1, -0.05) is 12.2 Å². The van der Waals surface area contributed by atoms with Gasteiger partial charge in [0.25, 0.3) is 0 Å². The largest absolute Gasteiger partial charge is 0.506 e. The van der Waals surface area contributed by atoms with Gasteiger partial charge in [0.15, 0.2) is 11.6 Å². The number of phenolic OH excluding ortho intramolecular Hbond substituents is 1. The zero-order valence-electron chi connectivity index (χ0n) is 33.0. The summed E-state index contributed by atoms with van der Waals surface area (Å²) in [5.74, 6) is -0.421. The van der Waals surface area contributed by atoms with Gasteiger partial charge in [-0.15, -0.1) is 0 Å². The number of imidazole rings is 1. The van der Waals surface area contributed by atoms with Gasteiger partial charge in [0, 0.05) is 74.4 Å². The van der Waals surface area contributed by atoms with Gasteiger partial charge in [-0.25, -0.2) is 15.0 Å². The molecule has 58 heavy (non-hydrogen) atoms. The smallest absolute Gasteiger partial charge is 0.248 e. The second-order valence-electron chi connectivity index (χ2n) is 13.9. The average molecular weight is 788 g/mol. The van der Waals surface area contributed by atoms with Crippen LogP contribution in [0, 0.1) is 13.8 Å². The van der Waals surface area contributed by atoms with Gasteiger partial charge in [-0.2, -0.15) is 10.2 Å². The first-order valence-corrected chi connectivity index (χ1v) is 19.0. The molecular weight excluding hydrogens is 743 g/mol. The minimum absolute atomic E-state index is 0.0901. The number of nitrogens with zero attached hydrogens (tertiary/aromatic N) is 9. The SMILES string of the molecule is CCn1nc(C)cc1C(=O)Cc1nc2cc(C(N)=O)cc(O)c2n1C/C=C/Cn1c2nc(-c3cc(C)nn3CC)ncc2c2cc(C(N)=O)cc(OCCCOC)c21. The van der Waals surface area contributed by atoms with Crippen molar-refractivity contribution in [2.24, 2.45) is 11.5 Å². The number of hydrogen-bond acceptors (Lipinski definition) is 11. The molecule has 7 aromatic rings. The van der Waals surface area contributed by atoms with Crippen LogP contribution in [-0.4, -0.2) is 86.7 Å². The Labute approximate surface area is 332 Å². The van der Waals surface area contributed by atoms with Gasteiger partial charge < -0.3 is 35.2 Å². The molecule has 5 N–H and O–H groups in total. The molecule has 0 radical (unpaired) electrons. The van der Waals surface area contributed by atoms with Crippen LogP contribution in [-0.2, 0) is 37.3 Å². The highest BCUT2D eigenvalue weighted by Crippen LogP contribution is 2.37. The highest BCUT2D eigenvalue weighted by Gasteiger charge is 2.23. The van der Waals surface area contributed by atoms with E-state index in [1.807, 2.05) is 55.2 Å². The number of ketones is 1.